The Balaban J connectivity index is 2.12. The minimum Gasteiger partial charge on any atom is -0.497 e. The van der Waals surface area contributed by atoms with Crippen LogP contribution >= 0.6 is 11.6 Å². The number of benzene rings is 2. The number of hydrogen-bond donors (Lipinski definition) is 1. The Hall–Kier alpha value is -2.46. The minimum atomic E-state index is -0.165. The summed E-state index contributed by atoms with van der Waals surface area (Å²) in [5.74, 6) is 1.20. The number of carbonyl (C=O) groups excluding carboxylic acids is 1. The van der Waals surface area contributed by atoms with Crippen molar-refractivity contribution in [1.82, 2.24) is 0 Å². The van der Waals surface area contributed by atoms with Crippen LogP contribution in [0.15, 0.2) is 36.4 Å². The van der Waals surface area contributed by atoms with E-state index < -0.39 is 0 Å². The van der Waals surface area contributed by atoms with Crippen LogP contribution < -0.4 is 14.8 Å². The molecule has 1 aliphatic heterocycles. The van der Waals surface area contributed by atoms with E-state index in [0.717, 1.165) is 11.1 Å². The summed E-state index contributed by atoms with van der Waals surface area (Å²) in [6.45, 7) is 0. The van der Waals surface area contributed by atoms with Gasteiger partial charge in [-0.3, -0.25) is 4.79 Å². The molecular formula is C17H14ClNO3. The number of methoxy groups -OCH3 is 2. The van der Waals surface area contributed by atoms with Crippen molar-refractivity contribution < 1.29 is 14.3 Å². The molecule has 0 aromatic heterocycles. The molecule has 2 aromatic rings. The van der Waals surface area contributed by atoms with Gasteiger partial charge in [0.05, 0.1) is 19.9 Å². The molecule has 22 heavy (non-hydrogen) atoms. The summed E-state index contributed by atoms with van der Waals surface area (Å²) in [5.41, 5.74) is 2.87. The highest BCUT2D eigenvalue weighted by atomic mass is 35.5. The molecule has 3 rings (SSSR count). The smallest absolute Gasteiger partial charge is 0.256 e. The van der Waals surface area contributed by atoms with E-state index in [-0.39, 0.29) is 5.91 Å². The van der Waals surface area contributed by atoms with Crippen molar-refractivity contribution in [1.29, 1.82) is 0 Å². The minimum absolute atomic E-state index is 0.165. The Morgan fingerprint density at radius 2 is 1.91 bits per heavy atom. The van der Waals surface area contributed by atoms with E-state index in [1.54, 1.807) is 38.5 Å². The standard InChI is InChI=1S/C17H14ClNO3/c1-21-12-4-6-16(22-2)10(7-12)8-14-13-5-3-11(18)9-15(13)19-17(14)20/h3-9H,1-2H3,(H,19,20)/b14-8-. The van der Waals surface area contributed by atoms with Crippen molar-refractivity contribution >= 4 is 34.8 Å². The van der Waals surface area contributed by atoms with E-state index in [9.17, 15) is 4.79 Å². The van der Waals surface area contributed by atoms with E-state index in [2.05, 4.69) is 5.32 Å². The van der Waals surface area contributed by atoms with Gasteiger partial charge in [0.15, 0.2) is 0 Å². The predicted octanol–water partition coefficient (Wildman–Crippen LogP) is 3.85. The average Bonchev–Trinajstić information content (AvgIpc) is 2.82. The van der Waals surface area contributed by atoms with Gasteiger partial charge in [-0.05, 0) is 36.4 Å². The predicted molar refractivity (Wildman–Crippen MR) is 87.5 cm³/mol. The van der Waals surface area contributed by atoms with Crippen LogP contribution in [0.2, 0.25) is 5.02 Å². The fourth-order valence-corrected chi connectivity index (χ4v) is 2.59. The molecule has 0 fully saturated rings. The first kappa shape index (κ1) is 14.5. The van der Waals surface area contributed by atoms with Gasteiger partial charge < -0.3 is 14.8 Å². The Bertz CT molecular complexity index is 783. The van der Waals surface area contributed by atoms with Gasteiger partial charge in [-0.2, -0.15) is 0 Å². The molecule has 0 unspecified atom stereocenters. The lowest BCUT2D eigenvalue weighted by Crippen LogP contribution is -2.03. The first-order chi connectivity index (χ1) is 10.6. The van der Waals surface area contributed by atoms with Gasteiger partial charge in [-0.15, -0.1) is 0 Å². The number of fused-ring (bicyclic) bond motifs is 1. The molecule has 112 valence electrons. The number of hydrogen-bond acceptors (Lipinski definition) is 3. The maximum Gasteiger partial charge on any atom is 0.256 e. The highest BCUT2D eigenvalue weighted by Gasteiger charge is 2.24. The van der Waals surface area contributed by atoms with Crippen LogP contribution in [0.25, 0.3) is 11.6 Å². The molecule has 1 N–H and O–H groups in total. The lowest BCUT2D eigenvalue weighted by atomic mass is 10.0. The number of carbonyl (C=O) groups is 1. The van der Waals surface area contributed by atoms with Gasteiger partial charge in [-0.25, -0.2) is 0 Å². The SMILES string of the molecule is COc1ccc(OC)c(/C=C2\C(=O)Nc3cc(Cl)ccc32)c1. The van der Waals surface area contributed by atoms with E-state index in [1.807, 2.05) is 18.2 Å². The fourth-order valence-electron chi connectivity index (χ4n) is 2.42. The largest absolute Gasteiger partial charge is 0.497 e. The molecule has 0 spiro atoms. The Morgan fingerprint density at radius 1 is 1.09 bits per heavy atom. The molecule has 0 radical (unpaired) electrons. The summed E-state index contributed by atoms with van der Waals surface area (Å²) in [4.78, 5) is 12.2. The zero-order valence-corrected chi connectivity index (χ0v) is 12.9. The summed E-state index contributed by atoms with van der Waals surface area (Å²) in [5, 5.41) is 3.39. The van der Waals surface area contributed by atoms with Crippen LogP contribution in [-0.4, -0.2) is 20.1 Å². The van der Waals surface area contributed by atoms with Crippen LogP contribution in [0.5, 0.6) is 11.5 Å². The second kappa shape index (κ2) is 5.73. The lowest BCUT2D eigenvalue weighted by Gasteiger charge is -2.08. The number of rotatable bonds is 3. The van der Waals surface area contributed by atoms with Gasteiger partial charge in [0.1, 0.15) is 11.5 Å². The van der Waals surface area contributed by atoms with Crippen molar-refractivity contribution in [2.45, 2.75) is 0 Å². The fraction of sp³-hybridized carbons (Fsp3) is 0.118. The van der Waals surface area contributed by atoms with E-state index in [4.69, 9.17) is 21.1 Å². The maximum atomic E-state index is 12.2. The Morgan fingerprint density at radius 3 is 2.64 bits per heavy atom. The summed E-state index contributed by atoms with van der Waals surface area (Å²) in [7, 11) is 3.19. The third-order valence-electron chi connectivity index (χ3n) is 3.50. The normalized spacial score (nSPS) is 14.7. The molecule has 0 atom stereocenters. The number of nitrogens with one attached hydrogen (secondary N) is 1. The zero-order valence-electron chi connectivity index (χ0n) is 12.1. The second-order valence-corrected chi connectivity index (χ2v) is 5.25. The molecule has 5 heteroatoms. The first-order valence-corrected chi connectivity index (χ1v) is 7.05. The summed E-state index contributed by atoms with van der Waals surface area (Å²) < 4.78 is 10.6. The van der Waals surface area contributed by atoms with Gasteiger partial charge in [0, 0.05) is 21.7 Å². The molecule has 1 amide bonds. The first-order valence-electron chi connectivity index (χ1n) is 6.67. The van der Waals surface area contributed by atoms with Crippen molar-refractivity contribution in [3.63, 3.8) is 0 Å². The van der Waals surface area contributed by atoms with Crippen LogP contribution in [0.3, 0.4) is 0 Å². The Labute approximate surface area is 133 Å². The average molecular weight is 316 g/mol. The highest BCUT2D eigenvalue weighted by Crippen LogP contribution is 2.36. The van der Waals surface area contributed by atoms with Crippen molar-refractivity contribution in [2.75, 3.05) is 19.5 Å². The summed E-state index contributed by atoms with van der Waals surface area (Å²) in [6.07, 6.45) is 1.79. The third-order valence-corrected chi connectivity index (χ3v) is 3.74. The molecule has 4 nitrogen and oxygen atoms in total. The van der Waals surface area contributed by atoms with Crippen molar-refractivity contribution in [3.05, 3.63) is 52.5 Å². The number of halogens is 1. The van der Waals surface area contributed by atoms with Crippen LogP contribution in [0, 0.1) is 0 Å². The Kier molecular flexibility index (Phi) is 3.77. The number of ether oxygens (including phenoxy) is 2. The molecule has 2 aromatic carbocycles. The molecule has 1 aliphatic rings. The molecule has 0 bridgehead atoms. The number of anilines is 1. The molecule has 0 saturated carbocycles. The quantitative estimate of drug-likeness (QED) is 0.875. The number of amides is 1. The zero-order chi connectivity index (χ0) is 15.7. The van der Waals surface area contributed by atoms with Crippen LogP contribution in [-0.2, 0) is 4.79 Å². The topological polar surface area (TPSA) is 47.6 Å². The van der Waals surface area contributed by atoms with Crippen molar-refractivity contribution in [3.8, 4) is 11.5 Å². The monoisotopic (exact) mass is 315 g/mol. The van der Waals surface area contributed by atoms with Gasteiger partial charge in [0.25, 0.3) is 5.91 Å². The van der Waals surface area contributed by atoms with E-state index >= 15 is 0 Å². The highest BCUT2D eigenvalue weighted by molar-refractivity contribution is 6.36. The van der Waals surface area contributed by atoms with E-state index in [0.29, 0.717) is 27.8 Å². The summed E-state index contributed by atoms with van der Waals surface area (Å²) in [6, 6.07) is 10.8. The van der Waals surface area contributed by atoms with Crippen molar-refractivity contribution in [2.24, 2.45) is 0 Å². The third kappa shape index (κ3) is 2.53. The second-order valence-electron chi connectivity index (χ2n) is 4.81. The van der Waals surface area contributed by atoms with Crippen LogP contribution in [0.4, 0.5) is 5.69 Å². The lowest BCUT2D eigenvalue weighted by molar-refractivity contribution is -0.110. The maximum absolute atomic E-state index is 12.2. The molecule has 0 aliphatic carbocycles. The molecule has 0 saturated heterocycles. The van der Waals surface area contributed by atoms with E-state index in [1.165, 1.54) is 0 Å². The van der Waals surface area contributed by atoms with Gasteiger partial charge >= 0.3 is 0 Å². The van der Waals surface area contributed by atoms with Gasteiger partial charge in [0.2, 0.25) is 0 Å². The molecular weight excluding hydrogens is 302 g/mol. The summed E-state index contributed by atoms with van der Waals surface area (Å²) >= 11 is 5.96. The van der Waals surface area contributed by atoms with Gasteiger partial charge in [-0.1, -0.05) is 17.7 Å². The van der Waals surface area contributed by atoms with Crippen LogP contribution in [0.1, 0.15) is 11.1 Å². The molecule has 1 heterocycles.